The van der Waals surface area contributed by atoms with E-state index in [1.807, 2.05) is 0 Å². The van der Waals surface area contributed by atoms with Gasteiger partial charge in [-0.15, -0.1) is 12.4 Å². The summed E-state index contributed by atoms with van der Waals surface area (Å²) in [5.41, 5.74) is 0. The Hall–Kier alpha value is 0.0500. The molecule has 5 N–H and O–H groups in total. The largest absolute Gasteiger partial charge is 0.394 e. The van der Waals surface area contributed by atoms with Crippen molar-refractivity contribution < 1.29 is 25.2 Å². The smallest absolute Gasteiger partial charge is 0.114 e. The van der Waals surface area contributed by atoms with E-state index in [9.17, 15) is 15.3 Å². The fourth-order valence-corrected chi connectivity index (χ4v) is 2.06. The lowest BCUT2D eigenvalue weighted by molar-refractivity contribution is -0.142. The molecule has 0 radical (unpaired) electrons. The third-order valence-corrected chi connectivity index (χ3v) is 3.21. The first-order valence-corrected chi connectivity index (χ1v) is 6.64. The van der Waals surface area contributed by atoms with Crippen LogP contribution in [0, 0.1) is 0 Å². The van der Waals surface area contributed by atoms with E-state index in [0.717, 1.165) is 32.2 Å². The van der Waals surface area contributed by atoms with E-state index in [-0.39, 0.29) is 19.0 Å². The molecule has 6 nitrogen and oxygen atoms in total. The molecule has 0 aliphatic carbocycles. The summed E-state index contributed by atoms with van der Waals surface area (Å²) in [6, 6.07) is 0. The molecule has 4 atom stereocenters. The van der Waals surface area contributed by atoms with E-state index in [0.29, 0.717) is 6.61 Å². The van der Waals surface area contributed by atoms with Gasteiger partial charge in [-0.3, -0.25) is 0 Å². The minimum atomic E-state index is -1.21. The van der Waals surface area contributed by atoms with Gasteiger partial charge in [-0.2, -0.15) is 0 Å². The summed E-state index contributed by atoms with van der Waals surface area (Å²) in [6.07, 6.45) is -0.369. The van der Waals surface area contributed by atoms with Crippen molar-refractivity contribution in [2.75, 3.05) is 26.3 Å². The normalized spacial score (nSPS) is 32.5. The van der Waals surface area contributed by atoms with Crippen molar-refractivity contribution in [3.8, 4) is 0 Å². The molecule has 1 unspecified atom stereocenters. The van der Waals surface area contributed by atoms with Crippen molar-refractivity contribution in [2.45, 2.75) is 50.1 Å². The van der Waals surface area contributed by atoms with Crippen molar-refractivity contribution in [2.24, 2.45) is 0 Å². The summed E-state index contributed by atoms with van der Waals surface area (Å²) in [5, 5.41) is 41.3. The molecule has 1 aliphatic heterocycles. The molecule has 7 heteroatoms. The molecule has 0 amide bonds. The lowest BCUT2D eigenvalue weighted by Gasteiger charge is -2.30. The summed E-state index contributed by atoms with van der Waals surface area (Å²) >= 11 is 0. The molecule has 0 aromatic heterocycles. The molecule has 0 aromatic carbocycles. The van der Waals surface area contributed by atoms with E-state index in [4.69, 9.17) is 9.84 Å². The van der Waals surface area contributed by atoms with Crippen LogP contribution < -0.4 is 5.32 Å². The zero-order valence-electron chi connectivity index (χ0n) is 11.1. The highest BCUT2D eigenvalue weighted by Gasteiger charge is 2.32. The van der Waals surface area contributed by atoms with E-state index in [1.54, 1.807) is 0 Å². The van der Waals surface area contributed by atoms with Crippen LogP contribution >= 0.6 is 12.4 Å². The highest BCUT2D eigenvalue weighted by atomic mass is 35.5. The minimum Gasteiger partial charge on any atom is -0.394 e. The molecule has 1 heterocycles. The van der Waals surface area contributed by atoms with Crippen LogP contribution in [0.1, 0.15) is 25.7 Å². The Morgan fingerprint density at radius 2 is 1.84 bits per heavy atom. The molecule has 1 aliphatic rings. The molecule has 19 heavy (non-hydrogen) atoms. The van der Waals surface area contributed by atoms with Crippen LogP contribution in [0.5, 0.6) is 0 Å². The standard InChI is InChI=1S/C12H25NO5.ClH/c14-8-10(16)12-11(17)9(15)7-13-5-3-1-2-4-6-18-12;/h9-17H,1-8H2;1H/t9-,10+,11+,12?;/m0./s1. The topological polar surface area (TPSA) is 102 Å². The van der Waals surface area contributed by atoms with E-state index in [1.165, 1.54) is 0 Å². The number of aliphatic hydroxyl groups is 4. The average Bonchev–Trinajstić information content (AvgIpc) is 2.38. The predicted molar refractivity (Wildman–Crippen MR) is 73.4 cm³/mol. The highest BCUT2D eigenvalue weighted by Crippen LogP contribution is 2.12. The summed E-state index contributed by atoms with van der Waals surface area (Å²) in [6.45, 7) is 0.970. The van der Waals surface area contributed by atoms with Crippen molar-refractivity contribution in [1.82, 2.24) is 5.32 Å². The number of rotatable bonds is 2. The highest BCUT2D eigenvalue weighted by molar-refractivity contribution is 5.85. The van der Waals surface area contributed by atoms with E-state index < -0.39 is 31.0 Å². The van der Waals surface area contributed by atoms with Gasteiger partial charge in [-0.25, -0.2) is 0 Å². The van der Waals surface area contributed by atoms with Gasteiger partial charge in [0.2, 0.25) is 0 Å². The second kappa shape index (κ2) is 10.8. The molecule has 0 saturated carbocycles. The van der Waals surface area contributed by atoms with Crippen molar-refractivity contribution >= 4 is 12.4 Å². The molecular formula is C12H26ClNO5. The number of hydrogen-bond acceptors (Lipinski definition) is 6. The molecule has 116 valence electrons. The van der Waals surface area contributed by atoms with Gasteiger partial charge in [0.1, 0.15) is 18.3 Å². The fourth-order valence-electron chi connectivity index (χ4n) is 2.06. The first-order chi connectivity index (χ1) is 8.66. The Labute approximate surface area is 120 Å². The van der Waals surface area contributed by atoms with Gasteiger partial charge >= 0.3 is 0 Å². The Morgan fingerprint density at radius 3 is 2.53 bits per heavy atom. The second-order valence-electron chi connectivity index (χ2n) is 4.76. The Bertz CT molecular complexity index is 222. The maximum Gasteiger partial charge on any atom is 0.114 e. The molecule has 1 fully saturated rings. The first kappa shape index (κ1) is 19.1. The van der Waals surface area contributed by atoms with Crippen LogP contribution in [0.25, 0.3) is 0 Å². The van der Waals surface area contributed by atoms with Crippen LogP contribution in [0.2, 0.25) is 0 Å². The van der Waals surface area contributed by atoms with Gasteiger partial charge in [-0.1, -0.05) is 12.8 Å². The number of aliphatic hydroxyl groups excluding tert-OH is 4. The van der Waals surface area contributed by atoms with Crippen molar-refractivity contribution in [3.63, 3.8) is 0 Å². The van der Waals surface area contributed by atoms with Gasteiger partial charge < -0.3 is 30.5 Å². The lowest BCUT2D eigenvalue weighted by Crippen LogP contribution is -2.50. The van der Waals surface area contributed by atoms with E-state index in [2.05, 4.69) is 5.32 Å². The number of ether oxygens (including phenoxy) is 1. The maximum atomic E-state index is 9.94. The Kier molecular flexibility index (Phi) is 10.8. The average molecular weight is 300 g/mol. The predicted octanol–water partition coefficient (Wildman–Crippen LogP) is -0.968. The molecule has 0 aromatic rings. The SMILES string of the molecule is Cl.OC[C@@H](O)C1OCCCCCCNC[C@H](O)[C@H]1O. The van der Waals surface area contributed by atoms with Gasteiger partial charge in [-0.05, 0) is 19.4 Å². The molecule has 0 bridgehead atoms. The third kappa shape index (κ3) is 6.85. The summed E-state index contributed by atoms with van der Waals surface area (Å²) in [5.74, 6) is 0. The van der Waals surface area contributed by atoms with Crippen molar-refractivity contribution in [3.05, 3.63) is 0 Å². The Morgan fingerprint density at radius 1 is 1.16 bits per heavy atom. The minimum absolute atomic E-state index is 0. The quantitative estimate of drug-likeness (QED) is 0.450. The van der Waals surface area contributed by atoms with Crippen LogP contribution in [0.4, 0.5) is 0 Å². The van der Waals surface area contributed by atoms with Gasteiger partial charge in [0.15, 0.2) is 0 Å². The van der Waals surface area contributed by atoms with Gasteiger partial charge in [0, 0.05) is 13.2 Å². The summed E-state index contributed by atoms with van der Waals surface area (Å²) in [7, 11) is 0. The molecule has 0 spiro atoms. The van der Waals surface area contributed by atoms with Crippen LogP contribution in [0.15, 0.2) is 0 Å². The van der Waals surface area contributed by atoms with Crippen LogP contribution in [-0.4, -0.2) is 71.1 Å². The van der Waals surface area contributed by atoms with Crippen LogP contribution in [0.3, 0.4) is 0 Å². The third-order valence-electron chi connectivity index (χ3n) is 3.21. The summed E-state index contributed by atoms with van der Waals surface area (Å²) < 4.78 is 5.40. The molecular weight excluding hydrogens is 274 g/mol. The zero-order valence-corrected chi connectivity index (χ0v) is 11.9. The number of β-amino-alcohol motifs (C(OH)–C–C–N with tert-alkyl or cyclic N) is 1. The fraction of sp³-hybridized carbons (Fsp3) is 1.00. The number of nitrogens with one attached hydrogen (secondary N) is 1. The van der Waals surface area contributed by atoms with Crippen molar-refractivity contribution in [1.29, 1.82) is 0 Å². The number of hydrogen-bond donors (Lipinski definition) is 5. The molecule has 1 saturated heterocycles. The first-order valence-electron chi connectivity index (χ1n) is 6.64. The Balaban J connectivity index is 0.00000324. The second-order valence-corrected chi connectivity index (χ2v) is 4.76. The zero-order chi connectivity index (χ0) is 13.4. The monoisotopic (exact) mass is 299 g/mol. The van der Waals surface area contributed by atoms with Crippen LogP contribution in [-0.2, 0) is 4.74 Å². The number of halogens is 1. The van der Waals surface area contributed by atoms with Gasteiger partial charge in [0.25, 0.3) is 0 Å². The van der Waals surface area contributed by atoms with E-state index >= 15 is 0 Å². The van der Waals surface area contributed by atoms with Gasteiger partial charge in [0.05, 0.1) is 12.7 Å². The molecule has 1 rings (SSSR count). The summed E-state index contributed by atoms with van der Waals surface area (Å²) in [4.78, 5) is 0. The lowest BCUT2D eigenvalue weighted by atomic mass is 10.0. The maximum absolute atomic E-state index is 9.94.